The molecule has 0 saturated heterocycles. The van der Waals surface area contributed by atoms with E-state index in [9.17, 15) is 9.59 Å². The molecular formula is C22H20N2O2. The minimum absolute atomic E-state index is 0.0476. The summed E-state index contributed by atoms with van der Waals surface area (Å²) in [4.78, 5) is 29.2. The molecule has 3 aromatic rings. The summed E-state index contributed by atoms with van der Waals surface area (Å²) in [6, 6.07) is 22.0. The van der Waals surface area contributed by atoms with Crippen molar-refractivity contribution in [1.82, 2.24) is 10.3 Å². The van der Waals surface area contributed by atoms with Crippen LogP contribution >= 0.6 is 0 Å². The van der Waals surface area contributed by atoms with Crippen molar-refractivity contribution in [2.45, 2.75) is 19.4 Å². The van der Waals surface area contributed by atoms with Crippen molar-refractivity contribution in [3.8, 4) is 0 Å². The van der Waals surface area contributed by atoms with Gasteiger partial charge in [-0.1, -0.05) is 54.6 Å². The molecule has 3 rings (SSSR count). The highest BCUT2D eigenvalue weighted by Gasteiger charge is 2.17. The Kier molecular flexibility index (Phi) is 5.54. The lowest BCUT2D eigenvalue weighted by Crippen LogP contribution is -2.28. The fraction of sp³-hybridized carbons (Fsp3) is 0.136. The van der Waals surface area contributed by atoms with Crippen LogP contribution in [0.1, 0.15) is 40.0 Å². The van der Waals surface area contributed by atoms with Crippen LogP contribution in [0.25, 0.3) is 0 Å². The third-order valence-corrected chi connectivity index (χ3v) is 4.25. The van der Waals surface area contributed by atoms with Gasteiger partial charge in [0.25, 0.3) is 0 Å². The topological polar surface area (TPSA) is 59.1 Å². The molecule has 0 spiro atoms. The number of pyridine rings is 1. The summed E-state index contributed by atoms with van der Waals surface area (Å²) in [6.07, 6.45) is 1.70. The van der Waals surface area contributed by atoms with E-state index in [4.69, 9.17) is 0 Å². The van der Waals surface area contributed by atoms with Gasteiger partial charge in [0.05, 0.1) is 18.2 Å². The van der Waals surface area contributed by atoms with Gasteiger partial charge in [-0.25, -0.2) is 0 Å². The van der Waals surface area contributed by atoms with E-state index in [0.29, 0.717) is 17.7 Å². The molecule has 130 valence electrons. The largest absolute Gasteiger partial charge is 0.350 e. The van der Waals surface area contributed by atoms with Gasteiger partial charge in [-0.05, 0) is 30.7 Å². The summed E-state index contributed by atoms with van der Waals surface area (Å²) < 4.78 is 0. The van der Waals surface area contributed by atoms with E-state index in [1.165, 1.54) is 0 Å². The number of benzene rings is 2. The Morgan fingerprint density at radius 2 is 1.65 bits per heavy atom. The summed E-state index contributed by atoms with van der Waals surface area (Å²) in [7, 11) is 0. The van der Waals surface area contributed by atoms with Gasteiger partial charge in [0.1, 0.15) is 0 Å². The molecule has 2 aromatic carbocycles. The molecule has 0 bridgehead atoms. The molecule has 0 saturated carbocycles. The van der Waals surface area contributed by atoms with Crippen LogP contribution in [0, 0.1) is 0 Å². The van der Waals surface area contributed by atoms with Gasteiger partial charge in [0, 0.05) is 17.3 Å². The standard InChI is InChI=1S/C22H20N2O2/c1-16(22(26)24-15-20-12-5-6-13-23-20)18-10-7-11-19(14-18)21(25)17-8-3-2-4-9-17/h2-14,16H,15H2,1H3,(H,24,26)/t16-/m0/s1. The van der Waals surface area contributed by atoms with Gasteiger partial charge in [-0.3, -0.25) is 14.6 Å². The van der Waals surface area contributed by atoms with Crippen molar-refractivity contribution in [2.75, 3.05) is 0 Å². The number of hydrogen-bond donors (Lipinski definition) is 1. The van der Waals surface area contributed by atoms with Gasteiger partial charge in [-0.2, -0.15) is 0 Å². The molecule has 1 heterocycles. The number of ketones is 1. The molecule has 4 heteroatoms. The van der Waals surface area contributed by atoms with Crippen LogP contribution in [-0.2, 0) is 11.3 Å². The average Bonchev–Trinajstić information content (AvgIpc) is 2.72. The SMILES string of the molecule is C[C@H](C(=O)NCc1ccccn1)c1cccc(C(=O)c2ccccc2)c1. The summed E-state index contributed by atoms with van der Waals surface area (Å²) in [6.45, 7) is 2.21. The zero-order chi connectivity index (χ0) is 18.4. The Balaban J connectivity index is 1.70. The lowest BCUT2D eigenvalue weighted by Gasteiger charge is -2.13. The summed E-state index contributed by atoms with van der Waals surface area (Å²) in [5.41, 5.74) is 2.83. The van der Waals surface area contributed by atoms with Gasteiger partial charge >= 0.3 is 0 Å². The van der Waals surface area contributed by atoms with Crippen LogP contribution in [0.3, 0.4) is 0 Å². The number of aromatic nitrogens is 1. The Bertz CT molecular complexity index is 892. The maximum Gasteiger partial charge on any atom is 0.227 e. The van der Waals surface area contributed by atoms with Gasteiger partial charge in [-0.15, -0.1) is 0 Å². The highest BCUT2D eigenvalue weighted by atomic mass is 16.1. The Morgan fingerprint density at radius 3 is 2.38 bits per heavy atom. The molecule has 1 amide bonds. The second kappa shape index (κ2) is 8.21. The van der Waals surface area contributed by atoms with Crippen LogP contribution < -0.4 is 5.32 Å². The second-order valence-electron chi connectivity index (χ2n) is 6.08. The minimum Gasteiger partial charge on any atom is -0.350 e. The van der Waals surface area contributed by atoms with Crippen molar-refractivity contribution in [3.63, 3.8) is 0 Å². The van der Waals surface area contributed by atoms with Gasteiger partial charge in [0.15, 0.2) is 5.78 Å². The first-order valence-electron chi connectivity index (χ1n) is 8.52. The number of nitrogens with one attached hydrogen (secondary N) is 1. The van der Waals surface area contributed by atoms with E-state index in [1.54, 1.807) is 30.5 Å². The Hall–Kier alpha value is -3.27. The normalized spacial score (nSPS) is 11.6. The minimum atomic E-state index is -0.359. The smallest absolute Gasteiger partial charge is 0.227 e. The van der Waals surface area contributed by atoms with Gasteiger partial charge < -0.3 is 5.32 Å². The maximum absolute atomic E-state index is 12.6. The average molecular weight is 344 g/mol. The molecule has 1 N–H and O–H groups in total. The monoisotopic (exact) mass is 344 g/mol. The summed E-state index contributed by atoms with van der Waals surface area (Å²) in [5, 5.41) is 2.89. The summed E-state index contributed by atoms with van der Waals surface area (Å²) >= 11 is 0. The second-order valence-corrected chi connectivity index (χ2v) is 6.08. The number of carbonyl (C=O) groups is 2. The van der Waals surface area contributed by atoms with Crippen molar-refractivity contribution in [2.24, 2.45) is 0 Å². The third kappa shape index (κ3) is 4.22. The molecule has 1 aromatic heterocycles. The first-order valence-corrected chi connectivity index (χ1v) is 8.52. The number of hydrogen-bond acceptors (Lipinski definition) is 3. The fourth-order valence-corrected chi connectivity index (χ4v) is 2.69. The van der Waals surface area contributed by atoms with E-state index in [-0.39, 0.29) is 17.6 Å². The van der Waals surface area contributed by atoms with E-state index < -0.39 is 0 Å². The van der Waals surface area contributed by atoms with Gasteiger partial charge in [0.2, 0.25) is 5.91 Å². The van der Waals surface area contributed by atoms with E-state index in [2.05, 4.69) is 10.3 Å². The number of carbonyl (C=O) groups excluding carboxylic acids is 2. The zero-order valence-corrected chi connectivity index (χ0v) is 14.6. The Labute approximate surface area is 152 Å². The van der Waals surface area contributed by atoms with Crippen LogP contribution in [-0.4, -0.2) is 16.7 Å². The van der Waals surface area contributed by atoms with Crippen LogP contribution in [0.5, 0.6) is 0 Å². The number of rotatable bonds is 6. The third-order valence-electron chi connectivity index (χ3n) is 4.25. The van der Waals surface area contributed by atoms with E-state index >= 15 is 0 Å². The van der Waals surface area contributed by atoms with E-state index in [1.807, 2.05) is 55.5 Å². The van der Waals surface area contributed by atoms with Crippen molar-refractivity contribution >= 4 is 11.7 Å². The highest BCUT2D eigenvalue weighted by Crippen LogP contribution is 2.19. The molecule has 26 heavy (non-hydrogen) atoms. The number of amides is 1. The maximum atomic E-state index is 12.6. The lowest BCUT2D eigenvalue weighted by atomic mass is 9.95. The lowest BCUT2D eigenvalue weighted by molar-refractivity contribution is -0.122. The molecule has 0 aliphatic heterocycles. The van der Waals surface area contributed by atoms with Crippen LogP contribution in [0.15, 0.2) is 79.0 Å². The van der Waals surface area contributed by atoms with Crippen LogP contribution in [0.4, 0.5) is 0 Å². The predicted molar refractivity (Wildman–Crippen MR) is 101 cm³/mol. The molecule has 0 radical (unpaired) electrons. The molecule has 1 atom stereocenters. The zero-order valence-electron chi connectivity index (χ0n) is 14.6. The molecule has 0 aliphatic carbocycles. The van der Waals surface area contributed by atoms with Crippen molar-refractivity contribution in [3.05, 3.63) is 101 Å². The molecular weight excluding hydrogens is 324 g/mol. The first kappa shape index (κ1) is 17.5. The first-order chi connectivity index (χ1) is 12.6. The van der Waals surface area contributed by atoms with Crippen LogP contribution in [0.2, 0.25) is 0 Å². The molecule has 0 aliphatic rings. The van der Waals surface area contributed by atoms with Crippen molar-refractivity contribution < 1.29 is 9.59 Å². The highest BCUT2D eigenvalue weighted by molar-refractivity contribution is 6.09. The number of nitrogens with zero attached hydrogens (tertiary/aromatic N) is 1. The molecule has 0 fully saturated rings. The molecule has 0 unspecified atom stereocenters. The van der Waals surface area contributed by atoms with E-state index in [0.717, 1.165) is 11.3 Å². The Morgan fingerprint density at radius 1 is 0.923 bits per heavy atom. The molecule has 4 nitrogen and oxygen atoms in total. The summed E-state index contributed by atoms with van der Waals surface area (Å²) in [5.74, 6) is -0.504. The van der Waals surface area contributed by atoms with Crippen molar-refractivity contribution in [1.29, 1.82) is 0 Å². The quantitative estimate of drug-likeness (QED) is 0.693. The predicted octanol–water partition coefficient (Wildman–Crippen LogP) is 3.73. The fourth-order valence-electron chi connectivity index (χ4n) is 2.69.